The third kappa shape index (κ3) is 2.66. The van der Waals surface area contributed by atoms with Gasteiger partial charge in [0.1, 0.15) is 11.0 Å². The van der Waals surface area contributed by atoms with Gasteiger partial charge in [-0.2, -0.15) is 10.2 Å². The van der Waals surface area contributed by atoms with Gasteiger partial charge in [-0.15, -0.1) is 0 Å². The van der Waals surface area contributed by atoms with Crippen LogP contribution in [-0.2, 0) is 17.9 Å². The van der Waals surface area contributed by atoms with Gasteiger partial charge in [0.15, 0.2) is 0 Å². The number of carbonyl (C=O) groups is 1. The van der Waals surface area contributed by atoms with Crippen LogP contribution in [0, 0.1) is 12.8 Å². The van der Waals surface area contributed by atoms with E-state index in [1.54, 1.807) is 0 Å². The average molecular weight is 289 g/mol. The lowest BCUT2D eigenvalue weighted by Gasteiger charge is -2.10. The molecule has 3 rings (SSSR count). The number of aromatic nitrogens is 4. The molecule has 1 amide bonds. The molecular weight excluding hydrogens is 266 g/mol. The summed E-state index contributed by atoms with van der Waals surface area (Å²) in [6.07, 6.45) is 6.32. The van der Waals surface area contributed by atoms with Crippen LogP contribution in [0.1, 0.15) is 38.3 Å². The van der Waals surface area contributed by atoms with Gasteiger partial charge in [-0.25, -0.2) is 0 Å². The SMILES string of the molecule is CCn1nc(C)c2c1cnn2CCNC(=O)C1CCCC1. The van der Waals surface area contributed by atoms with Crippen molar-refractivity contribution in [3.63, 3.8) is 0 Å². The topological polar surface area (TPSA) is 64.7 Å². The van der Waals surface area contributed by atoms with E-state index in [0.717, 1.165) is 36.1 Å². The minimum atomic E-state index is 0.205. The molecule has 1 N–H and O–H groups in total. The molecule has 0 unspecified atom stereocenters. The maximum Gasteiger partial charge on any atom is 0.223 e. The number of aryl methyl sites for hydroxylation is 2. The summed E-state index contributed by atoms with van der Waals surface area (Å²) in [6, 6.07) is 0. The van der Waals surface area contributed by atoms with Gasteiger partial charge in [-0.1, -0.05) is 12.8 Å². The summed E-state index contributed by atoms with van der Waals surface area (Å²) < 4.78 is 3.91. The molecule has 0 radical (unpaired) electrons. The molecule has 0 bridgehead atoms. The molecular formula is C15H23N5O. The van der Waals surface area contributed by atoms with Gasteiger partial charge in [0.05, 0.1) is 18.4 Å². The number of hydrogen-bond donors (Lipinski definition) is 1. The van der Waals surface area contributed by atoms with Crippen molar-refractivity contribution in [3.8, 4) is 0 Å². The number of rotatable bonds is 5. The summed E-state index contributed by atoms with van der Waals surface area (Å²) in [6.45, 7) is 6.24. The van der Waals surface area contributed by atoms with Crippen LogP contribution in [0.25, 0.3) is 11.0 Å². The Balaban J connectivity index is 1.63. The highest BCUT2D eigenvalue weighted by atomic mass is 16.1. The van der Waals surface area contributed by atoms with Gasteiger partial charge in [0.2, 0.25) is 5.91 Å². The van der Waals surface area contributed by atoms with E-state index >= 15 is 0 Å². The van der Waals surface area contributed by atoms with E-state index in [1.807, 2.05) is 22.5 Å². The van der Waals surface area contributed by atoms with Crippen molar-refractivity contribution in [2.75, 3.05) is 6.54 Å². The monoisotopic (exact) mass is 289 g/mol. The minimum absolute atomic E-state index is 0.205. The minimum Gasteiger partial charge on any atom is -0.354 e. The summed E-state index contributed by atoms with van der Waals surface area (Å²) in [7, 11) is 0. The number of hydrogen-bond acceptors (Lipinski definition) is 3. The molecule has 21 heavy (non-hydrogen) atoms. The average Bonchev–Trinajstić information content (AvgIpc) is 3.18. The Hall–Kier alpha value is -1.85. The van der Waals surface area contributed by atoms with E-state index in [-0.39, 0.29) is 11.8 Å². The molecule has 114 valence electrons. The molecule has 0 aliphatic heterocycles. The second-order valence-corrected chi connectivity index (χ2v) is 5.78. The quantitative estimate of drug-likeness (QED) is 0.914. The van der Waals surface area contributed by atoms with Crippen molar-refractivity contribution < 1.29 is 4.79 Å². The Morgan fingerprint density at radius 3 is 2.86 bits per heavy atom. The number of nitrogens with zero attached hydrogens (tertiary/aromatic N) is 4. The normalized spacial score (nSPS) is 15.9. The summed E-state index contributed by atoms with van der Waals surface area (Å²) >= 11 is 0. The van der Waals surface area contributed by atoms with Crippen LogP contribution >= 0.6 is 0 Å². The van der Waals surface area contributed by atoms with Crippen LogP contribution in [0.15, 0.2) is 6.20 Å². The lowest BCUT2D eigenvalue weighted by molar-refractivity contribution is -0.124. The Bertz CT molecular complexity index is 636. The second-order valence-electron chi connectivity index (χ2n) is 5.78. The smallest absolute Gasteiger partial charge is 0.223 e. The third-order valence-corrected chi connectivity index (χ3v) is 4.36. The highest BCUT2D eigenvalue weighted by molar-refractivity contribution is 5.79. The Morgan fingerprint density at radius 2 is 2.14 bits per heavy atom. The molecule has 0 aromatic carbocycles. The summed E-state index contributed by atoms with van der Waals surface area (Å²) in [5.41, 5.74) is 3.13. The fraction of sp³-hybridized carbons (Fsp3) is 0.667. The van der Waals surface area contributed by atoms with E-state index in [2.05, 4.69) is 22.4 Å². The Kier molecular flexibility index (Phi) is 3.94. The lowest BCUT2D eigenvalue weighted by Crippen LogP contribution is -2.32. The summed E-state index contributed by atoms with van der Waals surface area (Å²) in [4.78, 5) is 12.0. The number of carbonyl (C=O) groups excluding carboxylic acids is 1. The molecule has 0 atom stereocenters. The zero-order valence-electron chi connectivity index (χ0n) is 12.8. The molecule has 1 aliphatic rings. The van der Waals surface area contributed by atoms with E-state index in [4.69, 9.17) is 0 Å². The first-order valence-electron chi connectivity index (χ1n) is 7.87. The van der Waals surface area contributed by atoms with Crippen LogP contribution < -0.4 is 5.32 Å². The summed E-state index contributed by atoms with van der Waals surface area (Å²) in [5, 5.41) is 12.0. The van der Waals surface area contributed by atoms with Gasteiger partial charge in [-0.3, -0.25) is 14.2 Å². The molecule has 0 saturated heterocycles. The second kappa shape index (κ2) is 5.87. The fourth-order valence-electron chi connectivity index (χ4n) is 3.25. The van der Waals surface area contributed by atoms with Crippen molar-refractivity contribution in [1.82, 2.24) is 24.9 Å². The number of nitrogens with one attached hydrogen (secondary N) is 1. The molecule has 6 nitrogen and oxygen atoms in total. The molecule has 1 saturated carbocycles. The molecule has 6 heteroatoms. The van der Waals surface area contributed by atoms with Gasteiger partial charge < -0.3 is 5.32 Å². The zero-order chi connectivity index (χ0) is 14.8. The predicted molar refractivity (Wildman–Crippen MR) is 80.9 cm³/mol. The molecule has 1 aliphatic carbocycles. The van der Waals surface area contributed by atoms with E-state index in [9.17, 15) is 4.79 Å². The van der Waals surface area contributed by atoms with Crippen molar-refractivity contribution in [3.05, 3.63) is 11.9 Å². The van der Waals surface area contributed by atoms with Gasteiger partial charge in [-0.05, 0) is 26.7 Å². The first-order chi connectivity index (χ1) is 10.2. The molecule has 1 fully saturated rings. The highest BCUT2D eigenvalue weighted by Crippen LogP contribution is 2.24. The third-order valence-electron chi connectivity index (χ3n) is 4.36. The van der Waals surface area contributed by atoms with Crippen LogP contribution in [-0.4, -0.2) is 32.0 Å². The van der Waals surface area contributed by atoms with Crippen LogP contribution in [0.4, 0.5) is 0 Å². The summed E-state index contributed by atoms with van der Waals surface area (Å²) in [5.74, 6) is 0.434. The maximum absolute atomic E-state index is 12.0. The lowest BCUT2D eigenvalue weighted by atomic mass is 10.1. The van der Waals surface area contributed by atoms with Crippen molar-refractivity contribution in [1.29, 1.82) is 0 Å². The molecule has 0 spiro atoms. The van der Waals surface area contributed by atoms with Crippen LogP contribution in [0.3, 0.4) is 0 Å². The van der Waals surface area contributed by atoms with E-state index < -0.39 is 0 Å². The Morgan fingerprint density at radius 1 is 1.38 bits per heavy atom. The fourth-order valence-corrected chi connectivity index (χ4v) is 3.25. The highest BCUT2D eigenvalue weighted by Gasteiger charge is 2.22. The largest absolute Gasteiger partial charge is 0.354 e. The van der Waals surface area contributed by atoms with E-state index in [1.165, 1.54) is 12.8 Å². The first kappa shape index (κ1) is 14.1. The van der Waals surface area contributed by atoms with Crippen molar-refractivity contribution in [2.24, 2.45) is 5.92 Å². The Labute approximate surface area is 124 Å². The van der Waals surface area contributed by atoms with E-state index in [0.29, 0.717) is 13.1 Å². The molecule has 2 aromatic rings. The first-order valence-corrected chi connectivity index (χ1v) is 7.87. The van der Waals surface area contributed by atoms with Crippen LogP contribution in [0.2, 0.25) is 0 Å². The van der Waals surface area contributed by atoms with Crippen LogP contribution in [0.5, 0.6) is 0 Å². The van der Waals surface area contributed by atoms with Crippen molar-refractivity contribution >= 4 is 16.9 Å². The number of fused-ring (bicyclic) bond motifs is 1. The van der Waals surface area contributed by atoms with Gasteiger partial charge in [0.25, 0.3) is 0 Å². The standard InChI is InChI=1S/C15H23N5O/c1-3-19-13-10-17-20(14(13)11(2)18-19)9-8-16-15(21)12-6-4-5-7-12/h10,12H,3-9H2,1-2H3,(H,16,21). The molecule has 2 aromatic heterocycles. The maximum atomic E-state index is 12.0. The number of amides is 1. The predicted octanol–water partition coefficient (Wildman–Crippen LogP) is 1.87. The zero-order valence-corrected chi connectivity index (χ0v) is 12.8. The van der Waals surface area contributed by atoms with Gasteiger partial charge in [0, 0.05) is 19.0 Å². The van der Waals surface area contributed by atoms with Crippen molar-refractivity contribution in [2.45, 2.75) is 52.6 Å². The molecule has 2 heterocycles. The van der Waals surface area contributed by atoms with Gasteiger partial charge >= 0.3 is 0 Å².